The molecule has 2 atom stereocenters. The molecule has 0 bridgehead atoms. The largest absolute Gasteiger partial charge is 0.469 e. The van der Waals surface area contributed by atoms with Gasteiger partial charge in [0.1, 0.15) is 5.66 Å². The summed E-state index contributed by atoms with van der Waals surface area (Å²) in [7, 11) is -6.58. The van der Waals surface area contributed by atoms with Gasteiger partial charge in [-0.25, -0.2) is 8.42 Å². The molecule has 2 unspecified atom stereocenters. The number of sulfonamides is 1. The molecule has 0 aliphatic rings. The van der Waals surface area contributed by atoms with Crippen LogP contribution in [0.1, 0.15) is 6.42 Å². The Morgan fingerprint density at radius 1 is 1.17 bits per heavy atom. The number of ether oxygens (including phenoxy) is 2. The van der Waals surface area contributed by atoms with E-state index in [2.05, 4.69) is 9.47 Å². The molecular weight excluding hydrogens is 377 g/mol. The molecule has 9 nitrogen and oxygen atoms in total. The Balaban J connectivity index is 5.97. The molecule has 0 aliphatic carbocycles. The molecule has 0 spiro atoms. The molecule has 0 aromatic carbocycles. The number of rotatable bonds is 9. The summed E-state index contributed by atoms with van der Waals surface area (Å²) < 4.78 is 52.5. The highest BCUT2D eigenvalue weighted by atomic mass is 32.2. The molecule has 12 heteroatoms. The maximum Gasteiger partial charge on any atom is 0.319 e. The summed E-state index contributed by atoms with van der Waals surface area (Å²) >= 11 is 0. The van der Waals surface area contributed by atoms with E-state index in [1.54, 1.807) is 19.6 Å². The lowest BCUT2D eigenvalue weighted by atomic mass is 10.3. The fourth-order valence-electron chi connectivity index (χ4n) is 1.80. The summed E-state index contributed by atoms with van der Waals surface area (Å²) in [6.45, 7) is 5.23. The number of methoxy groups -OCH3 is 2. The van der Waals surface area contributed by atoms with E-state index >= 15 is 0 Å². The number of esters is 2. The Morgan fingerprint density at radius 2 is 1.67 bits per heavy atom. The third-order valence-corrected chi connectivity index (χ3v) is 9.97. The van der Waals surface area contributed by atoms with Crippen molar-refractivity contribution in [1.82, 2.24) is 4.31 Å². The van der Waals surface area contributed by atoms with Gasteiger partial charge in [-0.2, -0.15) is 4.31 Å². The van der Waals surface area contributed by atoms with E-state index in [-0.39, 0.29) is 0 Å². The van der Waals surface area contributed by atoms with Crippen molar-refractivity contribution in [1.29, 1.82) is 0 Å². The molecular formula is C12H26NO8PSSi. The van der Waals surface area contributed by atoms with Crippen LogP contribution in [0.2, 0.25) is 19.6 Å². The quantitative estimate of drug-likeness (QED) is 0.319. The standard InChI is InChI=1S/C12H26NO8PSSi/c1-13(23(4,17)18)9-22(16,21-24(5,6)7)10(12(15)20-3)8-11(14)19-2/h10H,8-9H2,1-7H3. The third kappa shape index (κ3) is 7.43. The number of carbonyl (C=O) groups is 2. The van der Waals surface area contributed by atoms with Crippen LogP contribution in [0.5, 0.6) is 0 Å². The first-order valence-electron chi connectivity index (χ1n) is 7.01. The molecule has 0 aromatic heterocycles. The van der Waals surface area contributed by atoms with Gasteiger partial charge in [-0.1, -0.05) is 0 Å². The Kier molecular flexibility index (Phi) is 8.30. The lowest BCUT2D eigenvalue weighted by molar-refractivity contribution is -0.146. The highest BCUT2D eigenvalue weighted by molar-refractivity contribution is 7.88. The Labute approximate surface area is 144 Å². The van der Waals surface area contributed by atoms with Crippen LogP contribution < -0.4 is 0 Å². The Hall–Kier alpha value is -0.743. The molecule has 0 rings (SSSR count). The lowest BCUT2D eigenvalue weighted by Crippen LogP contribution is -2.37. The van der Waals surface area contributed by atoms with Crippen LogP contribution in [0.15, 0.2) is 0 Å². The predicted molar refractivity (Wildman–Crippen MR) is 91.9 cm³/mol. The van der Waals surface area contributed by atoms with Gasteiger partial charge in [0.15, 0.2) is 8.32 Å². The van der Waals surface area contributed by atoms with Gasteiger partial charge in [-0.05, 0) is 19.6 Å². The van der Waals surface area contributed by atoms with Crippen LogP contribution in [0.25, 0.3) is 0 Å². The molecule has 24 heavy (non-hydrogen) atoms. The maximum absolute atomic E-state index is 13.4. The van der Waals surface area contributed by atoms with Crippen LogP contribution in [-0.4, -0.2) is 72.4 Å². The van der Waals surface area contributed by atoms with Gasteiger partial charge in [0.05, 0.1) is 33.2 Å². The van der Waals surface area contributed by atoms with Crippen LogP contribution in [0.4, 0.5) is 0 Å². The van der Waals surface area contributed by atoms with E-state index in [4.69, 9.17) is 4.21 Å². The topological polar surface area (TPSA) is 116 Å². The first-order chi connectivity index (χ1) is 10.7. The summed E-state index contributed by atoms with van der Waals surface area (Å²) in [5.41, 5.74) is -1.44. The molecule has 0 amide bonds. The molecule has 0 saturated carbocycles. The molecule has 0 radical (unpaired) electrons. The van der Waals surface area contributed by atoms with E-state index in [1.165, 1.54) is 7.05 Å². The van der Waals surface area contributed by atoms with Crippen molar-refractivity contribution in [3.05, 3.63) is 0 Å². The molecule has 0 saturated heterocycles. The van der Waals surface area contributed by atoms with Crippen molar-refractivity contribution in [3.63, 3.8) is 0 Å². The van der Waals surface area contributed by atoms with Crippen molar-refractivity contribution < 1.29 is 36.3 Å². The predicted octanol–water partition coefficient (Wildman–Crippen LogP) is 1.07. The first kappa shape index (κ1) is 23.3. The zero-order chi connectivity index (χ0) is 19.3. The Bertz CT molecular complexity index is 615. The smallest absolute Gasteiger partial charge is 0.319 e. The molecule has 0 N–H and O–H groups in total. The summed E-state index contributed by atoms with van der Waals surface area (Å²) in [4.78, 5) is 23.7. The summed E-state index contributed by atoms with van der Waals surface area (Å²) in [6.07, 6.45) is -0.116. The first-order valence-corrected chi connectivity index (χ1v) is 14.2. The minimum absolute atomic E-state index is 0.525. The van der Waals surface area contributed by atoms with Gasteiger partial charge in [-0.3, -0.25) is 14.2 Å². The second-order valence-corrected chi connectivity index (χ2v) is 15.7. The molecule has 0 heterocycles. The van der Waals surface area contributed by atoms with Crippen molar-refractivity contribution >= 4 is 37.6 Å². The monoisotopic (exact) mass is 403 g/mol. The van der Waals surface area contributed by atoms with Gasteiger partial charge in [0.25, 0.3) is 0 Å². The van der Waals surface area contributed by atoms with Crippen LogP contribution in [-0.2, 0) is 37.9 Å². The van der Waals surface area contributed by atoms with Crippen molar-refractivity contribution in [2.24, 2.45) is 0 Å². The van der Waals surface area contributed by atoms with Crippen molar-refractivity contribution in [2.75, 3.05) is 33.8 Å². The normalized spacial score (nSPS) is 16.3. The fraction of sp³-hybridized carbons (Fsp3) is 0.833. The van der Waals surface area contributed by atoms with Gasteiger partial charge in [0.2, 0.25) is 17.4 Å². The number of carbonyl (C=O) groups excluding carboxylic acids is 2. The number of hydrogen-bond acceptors (Lipinski definition) is 8. The average Bonchev–Trinajstić information content (AvgIpc) is 2.40. The third-order valence-electron chi connectivity index (χ3n) is 2.93. The van der Waals surface area contributed by atoms with E-state index < -0.39 is 56.0 Å². The second kappa shape index (κ2) is 8.57. The SMILES string of the molecule is COC(=O)CC(C(=O)OC)P(=O)(CN(C)S(C)(=O)=O)O[Si](C)(C)C. The van der Waals surface area contributed by atoms with E-state index in [9.17, 15) is 22.6 Å². The van der Waals surface area contributed by atoms with Gasteiger partial charge in [0, 0.05) is 7.05 Å². The van der Waals surface area contributed by atoms with Gasteiger partial charge >= 0.3 is 11.9 Å². The summed E-state index contributed by atoms with van der Waals surface area (Å²) in [6, 6.07) is 0. The number of nitrogens with zero attached hydrogens (tertiary/aromatic N) is 1. The molecule has 0 fully saturated rings. The molecule has 0 aliphatic heterocycles. The zero-order valence-corrected chi connectivity index (χ0v) is 17.8. The average molecular weight is 403 g/mol. The zero-order valence-electron chi connectivity index (χ0n) is 15.1. The summed E-state index contributed by atoms with van der Waals surface area (Å²) in [5.74, 6) is -1.68. The highest BCUT2D eigenvalue weighted by Gasteiger charge is 2.46. The van der Waals surface area contributed by atoms with Gasteiger partial charge < -0.3 is 13.7 Å². The lowest BCUT2D eigenvalue weighted by Gasteiger charge is -2.32. The fourth-order valence-corrected chi connectivity index (χ4v) is 9.17. The van der Waals surface area contributed by atoms with Crippen molar-refractivity contribution in [3.8, 4) is 0 Å². The maximum atomic E-state index is 13.4. The van der Waals surface area contributed by atoms with E-state index in [0.717, 1.165) is 24.8 Å². The number of hydrogen-bond donors (Lipinski definition) is 0. The van der Waals surface area contributed by atoms with Gasteiger partial charge in [-0.15, -0.1) is 0 Å². The van der Waals surface area contributed by atoms with Crippen molar-refractivity contribution in [2.45, 2.75) is 31.7 Å². The summed E-state index contributed by atoms with van der Waals surface area (Å²) in [5, 5.41) is 0. The highest BCUT2D eigenvalue weighted by Crippen LogP contribution is 2.56. The van der Waals surface area contributed by atoms with Crippen LogP contribution >= 0.6 is 7.37 Å². The van der Waals surface area contributed by atoms with Crippen LogP contribution in [0, 0.1) is 0 Å². The minimum atomic E-state index is -3.91. The van der Waals surface area contributed by atoms with E-state index in [0.29, 0.717) is 0 Å². The molecule has 142 valence electrons. The molecule has 0 aromatic rings. The second-order valence-electron chi connectivity index (χ2n) is 6.25. The van der Waals surface area contributed by atoms with Crippen LogP contribution in [0.3, 0.4) is 0 Å². The minimum Gasteiger partial charge on any atom is -0.469 e. The Morgan fingerprint density at radius 3 is 2.00 bits per heavy atom. The van der Waals surface area contributed by atoms with E-state index in [1.807, 2.05) is 0 Å².